The Morgan fingerprint density at radius 3 is 1.06 bits per heavy atom. The van der Waals surface area contributed by atoms with Crippen LogP contribution < -0.4 is 99.5 Å². The molecule has 0 radical (unpaired) electrons. The number of carbonyl (C=O) groups is 14. The summed E-state index contributed by atoms with van der Waals surface area (Å²) in [5.74, 6) is -18.8. The minimum Gasteiger partial charge on any atom is -0.481 e. The van der Waals surface area contributed by atoms with E-state index in [1.165, 1.54) is 6.92 Å². The topological polar surface area (TPSA) is 687 Å². The molecule has 38 heteroatoms. The summed E-state index contributed by atoms with van der Waals surface area (Å²) in [6.07, 6.45) is -3.84. The summed E-state index contributed by atoms with van der Waals surface area (Å²) in [7, 11) is 0. The number of aliphatic carboxylic acids is 2. The zero-order valence-electron chi connectivity index (χ0n) is 47.2. The summed E-state index contributed by atoms with van der Waals surface area (Å²) < 4.78 is 0. The van der Waals surface area contributed by atoms with Crippen LogP contribution in [0.1, 0.15) is 97.3 Å². The number of primary amides is 3. The molecule has 85 heavy (non-hydrogen) atoms. The van der Waals surface area contributed by atoms with Crippen molar-refractivity contribution in [3.05, 3.63) is 0 Å². The van der Waals surface area contributed by atoms with Gasteiger partial charge in [0.2, 0.25) is 70.9 Å². The van der Waals surface area contributed by atoms with Gasteiger partial charge < -0.3 is 120 Å². The highest BCUT2D eigenvalue weighted by atomic mass is 16.4. The van der Waals surface area contributed by atoms with Crippen molar-refractivity contribution in [2.45, 2.75) is 158 Å². The molecule has 12 amide bonds. The standard InChI is InChI=1S/C47H84N20O18/c1-3-21(2)35(45(84)85)67-42(81)28(18-33(52)72)64-40(79)27(17-32(51)71)63-38(77)24(10-7-15-58-47(55)56)59-39(78)25(11-12-34(73)74)61-37(76)23(9-6-14-57-46(53)54)60-43(82)29(19-68)66-44(83)30(20-69)65-41(80)26(16-31(50)70)62-36(75)22(49)8-4-5-13-48/h21-30,35,68-69H,3-20,48-49H2,1-2H3,(H2,50,70)(H2,51,71)(H2,52,72)(H,59,78)(H,60,82)(H,61,76)(H,62,75)(H,63,77)(H,64,79)(H,65,80)(H,66,83)(H,67,81)(H,73,74)(H,84,85)(H4,53,54,57)(H4,55,56,58)/t21-,22-,23-,24-,25-,26-,27-,28-,29-,30-,35-/m0/s1. The van der Waals surface area contributed by atoms with Crippen LogP contribution in [0.3, 0.4) is 0 Å². The molecule has 0 aliphatic rings. The van der Waals surface area contributed by atoms with Gasteiger partial charge in [0.25, 0.3) is 0 Å². The van der Waals surface area contributed by atoms with Crippen LogP contribution in [-0.4, -0.2) is 208 Å². The Balaban J connectivity index is 6.99. The molecule has 0 rings (SSSR count). The van der Waals surface area contributed by atoms with Crippen molar-refractivity contribution in [3.63, 3.8) is 0 Å². The molecule has 0 bridgehead atoms. The third-order valence-corrected chi connectivity index (χ3v) is 12.3. The van der Waals surface area contributed by atoms with Crippen LogP contribution in [-0.2, 0) is 67.1 Å². The SMILES string of the molecule is CC[C@H](C)[C@H](NC(=O)[C@H](CC(N)=O)NC(=O)[C@H](CC(N)=O)NC(=O)[C@H](CCCN=C(N)N)NC(=O)[C@H](CCC(=O)O)NC(=O)[C@H](CCCN=C(N)N)NC(=O)[C@H](CO)NC(=O)[C@H](CO)NC(=O)[C@H](CC(N)=O)NC(=O)[C@@H](N)CCCCN)C(=O)O. The van der Waals surface area contributed by atoms with Gasteiger partial charge in [0.15, 0.2) is 11.9 Å². The highest BCUT2D eigenvalue weighted by Crippen LogP contribution is 2.11. The molecule has 0 heterocycles. The van der Waals surface area contributed by atoms with Crippen molar-refractivity contribution in [1.82, 2.24) is 47.9 Å². The number of aliphatic imine (C=N–C) groups is 2. The predicted octanol–water partition coefficient (Wildman–Crippen LogP) is -11.5. The first kappa shape index (κ1) is 76.0. The number of guanidine groups is 2. The number of nitrogens with one attached hydrogen (secondary N) is 9. The second-order valence-corrected chi connectivity index (χ2v) is 19.3. The van der Waals surface area contributed by atoms with Crippen LogP contribution in [0.2, 0.25) is 0 Å². The summed E-state index contributed by atoms with van der Waals surface area (Å²) in [6.45, 7) is 0.716. The second kappa shape index (κ2) is 40.2. The average Bonchev–Trinajstić information content (AvgIpc) is 3.44. The number of aliphatic hydroxyl groups excluding tert-OH is 2. The molecule has 0 fully saturated rings. The van der Waals surface area contributed by atoms with Gasteiger partial charge >= 0.3 is 11.9 Å². The molecule has 0 aromatic heterocycles. The van der Waals surface area contributed by atoms with E-state index in [1.807, 2.05) is 0 Å². The fourth-order valence-corrected chi connectivity index (χ4v) is 7.46. The highest BCUT2D eigenvalue weighted by molar-refractivity contribution is 6.00. The largest absolute Gasteiger partial charge is 0.481 e. The number of carboxylic acids is 2. The lowest BCUT2D eigenvalue weighted by Gasteiger charge is -2.28. The van der Waals surface area contributed by atoms with Gasteiger partial charge in [-0.3, -0.25) is 72.3 Å². The number of hydrogen-bond donors (Lipinski definition) is 22. The quantitative estimate of drug-likeness (QED) is 0.0153. The molecule has 31 N–H and O–H groups in total. The normalized spacial score (nSPS) is 14.7. The Hall–Kier alpha value is -9.04. The zero-order valence-corrected chi connectivity index (χ0v) is 47.2. The van der Waals surface area contributed by atoms with Crippen molar-refractivity contribution >= 4 is 94.7 Å². The van der Waals surface area contributed by atoms with Crippen LogP contribution >= 0.6 is 0 Å². The molecule has 38 nitrogen and oxygen atoms in total. The van der Waals surface area contributed by atoms with E-state index in [1.54, 1.807) is 6.92 Å². The number of unbranched alkanes of at least 4 members (excludes halogenated alkanes) is 1. The molecular weight excluding hydrogens is 1130 g/mol. The first-order valence-corrected chi connectivity index (χ1v) is 26.6. The molecule has 0 aromatic carbocycles. The lowest BCUT2D eigenvalue weighted by atomic mass is 9.98. The molecule has 0 spiro atoms. The van der Waals surface area contributed by atoms with Gasteiger partial charge in [-0.05, 0) is 57.4 Å². The maximum Gasteiger partial charge on any atom is 0.326 e. The van der Waals surface area contributed by atoms with Crippen LogP contribution in [0.15, 0.2) is 9.98 Å². The smallest absolute Gasteiger partial charge is 0.326 e. The number of rotatable bonds is 44. The van der Waals surface area contributed by atoms with E-state index in [4.69, 9.17) is 51.6 Å². The first-order valence-electron chi connectivity index (χ1n) is 26.6. The summed E-state index contributed by atoms with van der Waals surface area (Å²) in [6, 6.07) is -17.5. The third-order valence-electron chi connectivity index (χ3n) is 12.3. The monoisotopic (exact) mass is 1220 g/mol. The maximum atomic E-state index is 14.2. The van der Waals surface area contributed by atoms with Gasteiger partial charge in [-0.15, -0.1) is 0 Å². The fraction of sp³-hybridized carbons (Fsp3) is 0.660. The summed E-state index contributed by atoms with van der Waals surface area (Å²) >= 11 is 0. The van der Waals surface area contributed by atoms with Crippen molar-refractivity contribution in [2.24, 2.45) is 67.5 Å². The van der Waals surface area contributed by atoms with Crippen LogP contribution in [0.25, 0.3) is 0 Å². The lowest BCUT2D eigenvalue weighted by Crippen LogP contribution is -2.61. The maximum absolute atomic E-state index is 14.2. The number of nitrogens with two attached hydrogens (primary N) is 9. The fourth-order valence-electron chi connectivity index (χ4n) is 7.46. The summed E-state index contributed by atoms with van der Waals surface area (Å²) in [5.41, 5.74) is 49.0. The minimum absolute atomic E-state index is 0.106. The number of carboxylic acid groups (broad SMARTS) is 2. The van der Waals surface area contributed by atoms with Crippen molar-refractivity contribution in [1.29, 1.82) is 0 Å². The Labute approximate surface area is 487 Å². The number of aliphatic hydroxyl groups is 2. The van der Waals surface area contributed by atoms with E-state index in [9.17, 15) is 87.5 Å². The van der Waals surface area contributed by atoms with E-state index >= 15 is 0 Å². The van der Waals surface area contributed by atoms with Crippen LogP contribution in [0.4, 0.5) is 0 Å². The first-order chi connectivity index (χ1) is 39.8. The van der Waals surface area contributed by atoms with E-state index < -0.39 is 201 Å². The number of hydrogen-bond acceptors (Lipinski definition) is 20. The third kappa shape index (κ3) is 31.3. The lowest BCUT2D eigenvalue weighted by molar-refractivity contribution is -0.144. The molecule has 0 saturated heterocycles. The highest BCUT2D eigenvalue weighted by Gasteiger charge is 2.37. The summed E-state index contributed by atoms with van der Waals surface area (Å²) in [4.78, 5) is 190. The summed E-state index contributed by atoms with van der Waals surface area (Å²) in [5, 5.41) is 59.4. The van der Waals surface area contributed by atoms with Crippen LogP contribution in [0, 0.1) is 5.92 Å². The molecule has 480 valence electrons. The molecule has 0 saturated carbocycles. The number of carbonyl (C=O) groups excluding carboxylic acids is 12. The molecule has 0 unspecified atom stereocenters. The predicted molar refractivity (Wildman–Crippen MR) is 298 cm³/mol. The number of nitrogens with zero attached hydrogens (tertiary/aromatic N) is 2. The zero-order chi connectivity index (χ0) is 65.1. The molecule has 0 aromatic rings. The molecule has 0 aliphatic heterocycles. The van der Waals surface area contributed by atoms with Crippen molar-refractivity contribution in [2.75, 3.05) is 32.8 Å². The van der Waals surface area contributed by atoms with Gasteiger partial charge in [0, 0.05) is 19.5 Å². The minimum atomic E-state index is -1.98. The van der Waals surface area contributed by atoms with E-state index in [2.05, 4.69) is 57.8 Å². The Bertz CT molecular complexity index is 2390. The Morgan fingerprint density at radius 2 is 0.741 bits per heavy atom. The van der Waals surface area contributed by atoms with Crippen LogP contribution in [0.5, 0.6) is 0 Å². The van der Waals surface area contributed by atoms with Gasteiger partial charge in [-0.25, -0.2) is 4.79 Å². The van der Waals surface area contributed by atoms with Gasteiger partial charge in [-0.2, -0.15) is 0 Å². The second-order valence-electron chi connectivity index (χ2n) is 19.3. The number of amides is 12. The Kier molecular flexibility index (Phi) is 35.9. The molecular formula is C47H84N20O18. The molecule has 11 atom stereocenters. The van der Waals surface area contributed by atoms with Gasteiger partial charge in [0.1, 0.15) is 54.4 Å². The van der Waals surface area contributed by atoms with E-state index in [0.29, 0.717) is 19.4 Å². The van der Waals surface area contributed by atoms with Crippen molar-refractivity contribution < 1.29 is 87.5 Å². The van der Waals surface area contributed by atoms with Crippen molar-refractivity contribution in [3.8, 4) is 0 Å². The Morgan fingerprint density at radius 1 is 0.424 bits per heavy atom. The van der Waals surface area contributed by atoms with Gasteiger partial charge in [-0.1, -0.05) is 26.7 Å². The van der Waals surface area contributed by atoms with E-state index in [-0.39, 0.29) is 57.1 Å². The molecule has 0 aliphatic carbocycles. The van der Waals surface area contributed by atoms with Gasteiger partial charge in [0.05, 0.1) is 38.5 Å². The average molecular weight is 1220 g/mol. The van der Waals surface area contributed by atoms with E-state index in [0.717, 1.165) is 0 Å².